The SMILES string of the molecule is CN(CC(=O)NC1CCCC1)c1[c]c(Cl)nc(Cc2ccc(NC(=O)c3cccc4ccccc34)cc2)n1. The van der Waals surface area contributed by atoms with Crippen molar-refractivity contribution in [2.45, 2.75) is 38.1 Å². The minimum atomic E-state index is -0.159. The molecule has 0 spiro atoms. The van der Waals surface area contributed by atoms with Gasteiger partial charge in [-0.1, -0.05) is 73.0 Å². The predicted molar refractivity (Wildman–Crippen MR) is 151 cm³/mol. The number of rotatable bonds is 8. The number of fused-ring (bicyclic) bond motifs is 1. The van der Waals surface area contributed by atoms with Crippen LogP contribution in [0.2, 0.25) is 5.15 Å². The molecule has 4 aromatic rings. The highest BCUT2D eigenvalue weighted by Gasteiger charge is 2.19. The van der Waals surface area contributed by atoms with E-state index in [0.717, 1.165) is 42.0 Å². The number of hydrogen-bond donors (Lipinski definition) is 2. The molecule has 1 radical (unpaired) electrons. The van der Waals surface area contributed by atoms with E-state index in [1.807, 2.05) is 66.7 Å². The van der Waals surface area contributed by atoms with Gasteiger partial charge in [-0.05, 0) is 47.4 Å². The van der Waals surface area contributed by atoms with E-state index in [4.69, 9.17) is 11.6 Å². The van der Waals surface area contributed by atoms with Crippen LogP contribution >= 0.6 is 11.6 Å². The van der Waals surface area contributed by atoms with Crippen molar-refractivity contribution in [3.05, 3.63) is 94.9 Å². The smallest absolute Gasteiger partial charge is 0.256 e. The third-order valence-electron chi connectivity index (χ3n) is 6.75. The zero-order valence-corrected chi connectivity index (χ0v) is 22.0. The van der Waals surface area contributed by atoms with Crippen molar-refractivity contribution in [1.82, 2.24) is 15.3 Å². The molecule has 1 saturated carbocycles. The van der Waals surface area contributed by atoms with Crippen LogP contribution < -0.4 is 15.5 Å². The third kappa shape index (κ3) is 6.29. The second kappa shape index (κ2) is 11.6. The number of hydrogen-bond acceptors (Lipinski definition) is 5. The summed E-state index contributed by atoms with van der Waals surface area (Å²) in [5.74, 6) is 0.804. The maximum atomic E-state index is 12.9. The molecule has 0 unspecified atom stereocenters. The van der Waals surface area contributed by atoms with Gasteiger partial charge < -0.3 is 15.5 Å². The van der Waals surface area contributed by atoms with Crippen molar-refractivity contribution in [1.29, 1.82) is 0 Å². The van der Waals surface area contributed by atoms with E-state index in [0.29, 0.717) is 29.3 Å². The summed E-state index contributed by atoms with van der Waals surface area (Å²) in [6.07, 6.45) is 4.85. The zero-order valence-electron chi connectivity index (χ0n) is 21.2. The van der Waals surface area contributed by atoms with E-state index in [1.54, 1.807) is 11.9 Å². The summed E-state index contributed by atoms with van der Waals surface area (Å²) in [6.45, 7) is 0.172. The van der Waals surface area contributed by atoms with Gasteiger partial charge in [0, 0.05) is 30.8 Å². The Balaban J connectivity index is 1.22. The van der Waals surface area contributed by atoms with Gasteiger partial charge in [0.2, 0.25) is 5.91 Å². The van der Waals surface area contributed by atoms with Gasteiger partial charge in [0.15, 0.2) is 0 Å². The van der Waals surface area contributed by atoms with Gasteiger partial charge in [0.25, 0.3) is 5.91 Å². The highest BCUT2D eigenvalue weighted by atomic mass is 35.5. The van der Waals surface area contributed by atoms with Crippen LogP contribution in [0.3, 0.4) is 0 Å². The van der Waals surface area contributed by atoms with Crippen LogP contribution in [-0.2, 0) is 11.2 Å². The molecule has 1 heterocycles. The van der Waals surface area contributed by atoms with Crippen LogP contribution in [0.4, 0.5) is 11.5 Å². The first kappa shape index (κ1) is 25.7. The van der Waals surface area contributed by atoms with Crippen LogP contribution in [0.15, 0.2) is 66.7 Å². The number of carbonyl (C=O) groups is 2. The fourth-order valence-corrected chi connectivity index (χ4v) is 4.99. The highest BCUT2D eigenvalue weighted by molar-refractivity contribution is 6.29. The Morgan fingerprint density at radius 2 is 1.74 bits per heavy atom. The van der Waals surface area contributed by atoms with E-state index >= 15 is 0 Å². The van der Waals surface area contributed by atoms with Crippen molar-refractivity contribution in [2.75, 3.05) is 23.8 Å². The lowest BCUT2D eigenvalue weighted by atomic mass is 10.0. The fourth-order valence-electron chi connectivity index (χ4n) is 4.81. The first-order valence-electron chi connectivity index (χ1n) is 12.8. The molecule has 0 saturated heterocycles. The molecule has 1 aromatic heterocycles. The fraction of sp³-hybridized carbons (Fsp3) is 0.267. The standard InChI is InChI=1S/C30H29ClN5O2/c1-36(19-29(37)32-22-9-3-4-10-22)28-18-26(31)34-27(35-28)17-20-13-15-23(16-14-20)33-30(38)25-12-6-8-21-7-2-5-11-24(21)25/h2,5-8,11-16,22H,3-4,9-10,17,19H2,1H3,(H,32,37)(H,33,38). The Morgan fingerprint density at radius 3 is 2.53 bits per heavy atom. The molecule has 2 amide bonds. The van der Waals surface area contributed by atoms with Gasteiger partial charge in [0.1, 0.15) is 16.8 Å². The predicted octanol–water partition coefficient (Wildman–Crippen LogP) is 5.42. The summed E-state index contributed by atoms with van der Waals surface area (Å²) in [7, 11) is 1.79. The number of halogens is 1. The molecule has 1 aliphatic rings. The normalized spacial score (nSPS) is 13.4. The third-order valence-corrected chi connectivity index (χ3v) is 6.93. The van der Waals surface area contributed by atoms with Crippen molar-refractivity contribution >= 4 is 45.7 Å². The van der Waals surface area contributed by atoms with Crippen molar-refractivity contribution in [2.24, 2.45) is 0 Å². The molecule has 7 nitrogen and oxygen atoms in total. The summed E-state index contributed by atoms with van der Waals surface area (Å²) in [5, 5.41) is 8.20. The first-order chi connectivity index (χ1) is 18.4. The van der Waals surface area contributed by atoms with E-state index in [9.17, 15) is 9.59 Å². The summed E-state index contributed by atoms with van der Waals surface area (Å²) < 4.78 is 0. The molecule has 193 valence electrons. The maximum absolute atomic E-state index is 12.9. The topological polar surface area (TPSA) is 87.2 Å². The van der Waals surface area contributed by atoms with Gasteiger partial charge in [-0.3, -0.25) is 9.59 Å². The Labute approximate surface area is 227 Å². The van der Waals surface area contributed by atoms with Gasteiger partial charge >= 0.3 is 0 Å². The van der Waals surface area contributed by atoms with Crippen molar-refractivity contribution in [3.63, 3.8) is 0 Å². The maximum Gasteiger partial charge on any atom is 0.256 e. The molecule has 2 N–H and O–H groups in total. The van der Waals surface area contributed by atoms with Gasteiger partial charge in [-0.15, -0.1) is 0 Å². The summed E-state index contributed by atoms with van der Waals surface area (Å²) in [6, 6.07) is 24.3. The van der Waals surface area contributed by atoms with Gasteiger partial charge in [-0.25, -0.2) is 9.97 Å². The second-order valence-corrected chi connectivity index (χ2v) is 10.00. The number of aromatic nitrogens is 2. The lowest BCUT2D eigenvalue weighted by Crippen LogP contribution is -2.40. The average molecular weight is 527 g/mol. The van der Waals surface area contributed by atoms with Crippen LogP contribution in [0.25, 0.3) is 10.8 Å². The number of amides is 2. The quantitative estimate of drug-likeness (QED) is 0.299. The monoisotopic (exact) mass is 526 g/mol. The Morgan fingerprint density at radius 1 is 1.00 bits per heavy atom. The molecule has 3 aromatic carbocycles. The highest BCUT2D eigenvalue weighted by Crippen LogP contribution is 2.22. The largest absolute Gasteiger partial charge is 0.352 e. The lowest BCUT2D eigenvalue weighted by molar-refractivity contribution is -0.120. The molecule has 5 rings (SSSR count). The summed E-state index contributed by atoms with van der Waals surface area (Å²) in [5.41, 5.74) is 2.29. The van der Waals surface area contributed by atoms with Gasteiger partial charge in [0.05, 0.1) is 12.6 Å². The van der Waals surface area contributed by atoms with E-state index in [2.05, 4.69) is 26.7 Å². The van der Waals surface area contributed by atoms with Crippen molar-refractivity contribution in [3.8, 4) is 0 Å². The number of carbonyl (C=O) groups excluding carboxylic acids is 2. The van der Waals surface area contributed by atoms with Crippen LogP contribution in [0.5, 0.6) is 0 Å². The van der Waals surface area contributed by atoms with Crippen LogP contribution in [-0.4, -0.2) is 41.4 Å². The van der Waals surface area contributed by atoms with Crippen LogP contribution in [0, 0.1) is 6.07 Å². The molecule has 0 atom stereocenters. The number of benzene rings is 3. The Bertz CT molecular complexity index is 1450. The molecular weight excluding hydrogens is 498 g/mol. The first-order valence-corrected chi connectivity index (χ1v) is 13.2. The molecule has 8 heteroatoms. The Hall–Kier alpha value is -3.97. The summed E-state index contributed by atoms with van der Waals surface area (Å²) >= 11 is 6.24. The minimum Gasteiger partial charge on any atom is -0.352 e. The number of nitrogens with one attached hydrogen (secondary N) is 2. The van der Waals surface area contributed by atoms with E-state index < -0.39 is 0 Å². The van der Waals surface area contributed by atoms with E-state index in [-0.39, 0.29) is 29.6 Å². The Kier molecular flexibility index (Phi) is 7.84. The number of nitrogens with zero attached hydrogens (tertiary/aromatic N) is 3. The van der Waals surface area contributed by atoms with Gasteiger partial charge in [-0.2, -0.15) is 0 Å². The number of anilines is 2. The average Bonchev–Trinajstić information content (AvgIpc) is 3.42. The van der Waals surface area contributed by atoms with E-state index in [1.165, 1.54) is 0 Å². The van der Waals surface area contributed by atoms with Crippen molar-refractivity contribution < 1.29 is 9.59 Å². The lowest BCUT2D eigenvalue weighted by Gasteiger charge is -2.20. The number of likely N-dealkylation sites (N-methyl/N-ethyl adjacent to an activating group) is 1. The molecule has 38 heavy (non-hydrogen) atoms. The zero-order chi connectivity index (χ0) is 26.5. The molecule has 1 aliphatic carbocycles. The molecule has 0 bridgehead atoms. The van der Waals surface area contributed by atoms with Crippen LogP contribution in [0.1, 0.15) is 47.4 Å². The summed E-state index contributed by atoms with van der Waals surface area (Å²) in [4.78, 5) is 36.0. The molecule has 0 aliphatic heterocycles. The molecule has 1 fully saturated rings. The second-order valence-electron chi connectivity index (χ2n) is 9.64. The minimum absolute atomic E-state index is 0.0368. The molecular formula is C30H29ClN5O2.